The van der Waals surface area contributed by atoms with Gasteiger partial charge in [-0.15, -0.1) is 10.2 Å². The highest BCUT2D eigenvalue weighted by molar-refractivity contribution is 7.89. The first-order valence-corrected chi connectivity index (χ1v) is 9.31. The Morgan fingerprint density at radius 1 is 1.19 bits per heavy atom. The predicted octanol–water partition coefficient (Wildman–Crippen LogP) is 4.08. The van der Waals surface area contributed by atoms with Crippen molar-refractivity contribution in [2.24, 2.45) is 0 Å². The van der Waals surface area contributed by atoms with Gasteiger partial charge in [0, 0.05) is 5.41 Å². The number of hydrogen-bond acceptors (Lipinski definition) is 5. The molecular formula is C15H17ClF3N3O3S. The maximum Gasteiger partial charge on any atom is 0.416 e. The van der Waals surface area contributed by atoms with Gasteiger partial charge in [-0.1, -0.05) is 32.4 Å². The summed E-state index contributed by atoms with van der Waals surface area (Å²) in [6.45, 7) is 7.01. The molecule has 1 heterocycles. The van der Waals surface area contributed by atoms with Crippen molar-refractivity contribution >= 4 is 21.6 Å². The van der Waals surface area contributed by atoms with Gasteiger partial charge in [-0.25, -0.2) is 8.42 Å². The van der Waals surface area contributed by atoms with E-state index in [0.29, 0.717) is 18.0 Å². The molecule has 0 radical (unpaired) electrons. The molecule has 6 nitrogen and oxygen atoms in total. The normalized spacial score (nSPS) is 14.5. The van der Waals surface area contributed by atoms with Crippen molar-refractivity contribution in [3.05, 3.63) is 40.6 Å². The molecule has 1 N–H and O–H groups in total. The zero-order valence-electron chi connectivity index (χ0n) is 14.3. The molecule has 0 amide bonds. The number of rotatable bonds is 4. The van der Waals surface area contributed by atoms with Crippen molar-refractivity contribution in [1.82, 2.24) is 14.9 Å². The van der Waals surface area contributed by atoms with Gasteiger partial charge < -0.3 is 4.42 Å². The van der Waals surface area contributed by atoms with Crippen LogP contribution in [0.3, 0.4) is 0 Å². The molecule has 0 spiro atoms. The van der Waals surface area contributed by atoms with E-state index in [4.69, 9.17) is 16.0 Å². The number of aromatic nitrogens is 2. The van der Waals surface area contributed by atoms with E-state index in [9.17, 15) is 21.6 Å². The van der Waals surface area contributed by atoms with Crippen LogP contribution < -0.4 is 4.72 Å². The topological polar surface area (TPSA) is 85.1 Å². The zero-order chi connectivity index (χ0) is 19.9. The Kier molecular flexibility index (Phi) is 5.42. The van der Waals surface area contributed by atoms with Crippen LogP contribution in [0.25, 0.3) is 0 Å². The number of nitrogens with zero attached hydrogens (tertiary/aromatic N) is 2. The monoisotopic (exact) mass is 411 g/mol. The summed E-state index contributed by atoms with van der Waals surface area (Å²) in [5.74, 6) is 0.354. The minimum absolute atomic E-state index is 0.0292. The molecular weight excluding hydrogens is 395 g/mol. The summed E-state index contributed by atoms with van der Waals surface area (Å²) in [4.78, 5) is -0.477. The minimum atomic E-state index is -4.63. The number of sulfonamides is 1. The lowest BCUT2D eigenvalue weighted by molar-refractivity contribution is -0.137. The third-order valence-electron chi connectivity index (χ3n) is 3.33. The van der Waals surface area contributed by atoms with Gasteiger partial charge in [0.15, 0.2) is 0 Å². The fourth-order valence-electron chi connectivity index (χ4n) is 1.95. The van der Waals surface area contributed by atoms with E-state index in [2.05, 4.69) is 14.9 Å². The molecule has 1 atom stereocenters. The van der Waals surface area contributed by atoms with Crippen molar-refractivity contribution in [1.29, 1.82) is 0 Å². The summed E-state index contributed by atoms with van der Waals surface area (Å²) >= 11 is 5.74. The molecule has 0 bridgehead atoms. The highest BCUT2D eigenvalue weighted by Gasteiger charge is 2.33. The third kappa shape index (κ3) is 4.54. The van der Waals surface area contributed by atoms with E-state index in [0.717, 1.165) is 6.07 Å². The predicted molar refractivity (Wildman–Crippen MR) is 88.2 cm³/mol. The summed E-state index contributed by atoms with van der Waals surface area (Å²) < 4.78 is 70.6. The van der Waals surface area contributed by atoms with E-state index >= 15 is 0 Å². The number of nitrogens with one attached hydrogen (secondary N) is 1. The Morgan fingerprint density at radius 2 is 1.81 bits per heavy atom. The first kappa shape index (κ1) is 20.7. The van der Waals surface area contributed by atoms with Crippen LogP contribution >= 0.6 is 11.6 Å². The summed E-state index contributed by atoms with van der Waals surface area (Å²) in [5, 5.41) is 7.13. The zero-order valence-corrected chi connectivity index (χ0v) is 15.9. The van der Waals surface area contributed by atoms with Gasteiger partial charge in [0.05, 0.1) is 16.6 Å². The van der Waals surface area contributed by atoms with Gasteiger partial charge in [0.25, 0.3) is 0 Å². The van der Waals surface area contributed by atoms with E-state index < -0.39 is 43.1 Å². The van der Waals surface area contributed by atoms with E-state index in [1.165, 1.54) is 6.92 Å². The molecule has 11 heteroatoms. The summed E-state index contributed by atoms with van der Waals surface area (Å²) in [6, 6.07) is 1.11. The molecule has 144 valence electrons. The van der Waals surface area contributed by atoms with Crippen molar-refractivity contribution in [2.45, 2.75) is 50.2 Å². The van der Waals surface area contributed by atoms with Crippen LogP contribution in [0.5, 0.6) is 0 Å². The maximum absolute atomic E-state index is 12.7. The molecule has 26 heavy (non-hydrogen) atoms. The van der Waals surface area contributed by atoms with Crippen LogP contribution in [0.1, 0.15) is 51.1 Å². The standard InChI is InChI=1S/C15H17ClF3N3O3S/c1-8(12-20-21-13(25-12)14(2,3)4)22-26(23,24)11-6-5-9(7-10(11)16)15(17,18)19/h5-8,22H,1-4H3. The van der Waals surface area contributed by atoms with Crippen molar-refractivity contribution in [3.63, 3.8) is 0 Å². The van der Waals surface area contributed by atoms with Crippen LogP contribution in [-0.4, -0.2) is 18.6 Å². The van der Waals surface area contributed by atoms with Crippen LogP contribution in [0, 0.1) is 0 Å². The van der Waals surface area contributed by atoms with Gasteiger partial charge in [-0.2, -0.15) is 17.9 Å². The lowest BCUT2D eigenvalue weighted by atomic mass is 9.97. The summed E-state index contributed by atoms with van der Waals surface area (Å²) in [6.07, 6.45) is -4.63. The molecule has 0 aliphatic rings. The molecule has 1 aromatic heterocycles. The SMILES string of the molecule is CC(NS(=O)(=O)c1ccc(C(F)(F)F)cc1Cl)c1nnc(C(C)(C)C)o1. The van der Waals surface area contributed by atoms with Crippen molar-refractivity contribution in [3.8, 4) is 0 Å². The molecule has 0 saturated carbocycles. The molecule has 0 aliphatic heterocycles. The quantitative estimate of drug-likeness (QED) is 0.819. The lowest BCUT2D eigenvalue weighted by Gasteiger charge is -2.14. The second kappa shape index (κ2) is 6.82. The number of alkyl halides is 3. The molecule has 1 unspecified atom stereocenters. The second-order valence-corrected chi connectivity index (χ2v) is 8.77. The number of benzene rings is 1. The summed E-state index contributed by atoms with van der Waals surface area (Å²) in [7, 11) is -4.20. The average Bonchev–Trinajstić information content (AvgIpc) is 2.95. The van der Waals surface area contributed by atoms with Crippen molar-refractivity contribution in [2.75, 3.05) is 0 Å². The Morgan fingerprint density at radius 3 is 2.27 bits per heavy atom. The first-order chi connectivity index (χ1) is 11.7. The number of halogens is 4. The fraction of sp³-hybridized carbons (Fsp3) is 0.467. The van der Waals surface area contributed by atoms with Crippen LogP contribution in [0.4, 0.5) is 13.2 Å². The lowest BCUT2D eigenvalue weighted by Crippen LogP contribution is -2.27. The minimum Gasteiger partial charge on any atom is -0.423 e. The van der Waals surface area contributed by atoms with E-state index in [1.807, 2.05) is 20.8 Å². The maximum atomic E-state index is 12.7. The van der Waals surface area contributed by atoms with Crippen LogP contribution in [-0.2, 0) is 21.6 Å². The van der Waals surface area contributed by atoms with Gasteiger partial charge in [0.1, 0.15) is 4.90 Å². The van der Waals surface area contributed by atoms with E-state index in [-0.39, 0.29) is 5.89 Å². The van der Waals surface area contributed by atoms with Crippen LogP contribution in [0.2, 0.25) is 5.02 Å². The number of hydrogen-bond donors (Lipinski definition) is 1. The fourth-order valence-corrected chi connectivity index (χ4v) is 3.70. The molecule has 0 aliphatic carbocycles. The molecule has 2 aromatic rings. The smallest absolute Gasteiger partial charge is 0.416 e. The van der Waals surface area contributed by atoms with E-state index in [1.54, 1.807) is 0 Å². The average molecular weight is 412 g/mol. The Labute approximate surface area is 153 Å². The molecule has 0 saturated heterocycles. The third-order valence-corrected chi connectivity index (χ3v) is 5.36. The van der Waals surface area contributed by atoms with Crippen LogP contribution in [0.15, 0.2) is 27.5 Å². The largest absolute Gasteiger partial charge is 0.423 e. The molecule has 0 fully saturated rings. The Bertz CT molecular complexity index is 905. The Balaban J connectivity index is 2.27. The van der Waals surface area contributed by atoms with Gasteiger partial charge in [0.2, 0.25) is 21.8 Å². The first-order valence-electron chi connectivity index (χ1n) is 7.45. The Hall–Kier alpha value is -1.65. The second-order valence-electron chi connectivity index (χ2n) is 6.68. The van der Waals surface area contributed by atoms with Gasteiger partial charge in [-0.3, -0.25) is 0 Å². The van der Waals surface area contributed by atoms with Gasteiger partial charge in [-0.05, 0) is 25.1 Å². The van der Waals surface area contributed by atoms with Gasteiger partial charge >= 0.3 is 6.18 Å². The highest BCUT2D eigenvalue weighted by Crippen LogP contribution is 2.33. The molecule has 1 aromatic carbocycles. The molecule has 2 rings (SSSR count). The van der Waals surface area contributed by atoms with Crippen molar-refractivity contribution < 1.29 is 26.0 Å². The highest BCUT2D eigenvalue weighted by atomic mass is 35.5. The summed E-state index contributed by atoms with van der Waals surface area (Å²) in [5.41, 5.74) is -1.46.